The summed E-state index contributed by atoms with van der Waals surface area (Å²) in [7, 11) is 0. The van der Waals surface area contributed by atoms with Gasteiger partial charge in [0.25, 0.3) is 0 Å². The lowest BCUT2D eigenvalue weighted by molar-refractivity contribution is -0.116. The average molecular weight is 369 g/mol. The highest BCUT2D eigenvalue weighted by atomic mass is 79.9. The second-order valence-electron chi connectivity index (χ2n) is 4.34. The summed E-state index contributed by atoms with van der Waals surface area (Å²) in [5.74, 6) is -1.19. The number of nitrogens with zero attached hydrogens (tertiary/aromatic N) is 1. The van der Waals surface area contributed by atoms with Crippen LogP contribution in [0.25, 0.3) is 0 Å². The molecule has 0 unspecified atom stereocenters. The number of carboxylic acid groups (broad SMARTS) is 1. The normalized spacial score (nSPS) is 10.3. The number of carboxylic acids is 1. The molecule has 0 radical (unpaired) electrons. The fourth-order valence-corrected chi connectivity index (χ4v) is 3.25. The lowest BCUT2D eigenvalue weighted by Gasteiger charge is -2.04. The molecule has 21 heavy (non-hydrogen) atoms. The van der Waals surface area contributed by atoms with Crippen LogP contribution in [-0.4, -0.2) is 22.0 Å². The van der Waals surface area contributed by atoms with Crippen LogP contribution < -0.4 is 5.32 Å². The molecule has 2 N–H and O–H groups in total. The van der Waals surface area contributed by atoms with E-state index in [0.29, 0.717) is 12.1 Å². The van der Waals surface area contributed by atoms with Crippen molar-refractivity contribution < 1.29 is 14.7 Å². The van der Waals surface area contributed by atoms with Gasteiger partial charge in [-0.25, -0.2) is 9.78 Å². The van der Waals surface area contributed by atoms with Gasteiger partial charge in [0.05, 0.1) is 15.7 Å². The van der Waals surface area contributed by atoms with E-state index in [0.717, 1.165) is 16.6 Å². The van der Waals surface area contributed by atoms with Crippen molar-refractivity contribution in [2.24, 2.45) is 0 Å². The Morgan fingerprint density at radius 3 is 2.67 bits per heavy atom. The summed E-state index contributed by atoms with van der Waals surface area (Å²) >= 11 is 5.07. The van der Waals surface area contributed by atoms with Crippen LogP contribution in [0.1, 0.15) is 28.2 Å². The standard InChI is InChI=1S/C14H13BrN2O3S/c15-12-7-5-10(21-12)2-1-3-13(18)17-9-4-6-11(14(19)20)16-8-9/h4-8H,1-3H2,(H,17,18)(H,19,20). The lowest BCUT2D eigenvalue weighted by Crippen LogP contribution is -2.12. The van der Waals surface area contributed by atoms with Crippen LogP contribution in [0.2, 0.25) is 0 Å². The van der Waals surface area contributed by atoms with Crippen molar-refractivity contribution in [2.45, 2.75) is 19.3 Å². The first kappa shape index (κ1) is 15.7. The first-order valence-corrected chi connectivity index (χ1v) is 7.89. The maximum absolute atomic E-state index is 11.8. The summed E-state index contributed by atoms with van der Waals surface area (Å²) in [6.07, 6.45) is 3.38. The van der Waals surface area contributed by atoms with Crippen LogP contribution >= 0.6 is 27.3 Å². The summed E-state index contributed by atoms with van der Waals surface area (Å²) in [5.41, 5.74) is 0.458. The molecule has 110 valence electrons. The number of hydrogen-bond acceptors (Lipinski definition) is 4. The number of amides is 1. The van der Waals surface area contributed by atoms with Gasteiger partial charge >= 0.3 is 5.97 Å². The maximum Gasteiger partial charge on any atom is 0.354 e. The zero-order chi connectivity index (χ0) is 15.2. The minimum Gasteiger partial charge on any atom is -0.477 e. The van der Waals surface area contributed by atoms with Gasteiger partial charge < -0.3 is 10.4 Å². The second kappa shape index (κ2) is 7.33. The number of carbonyl (C=O) groups is 2. The van der Waals surface area contributed by atoms with Crippen molar-refractivity contribution in [3.63, 3.8) is 0 Å². The van der Waals surface area contributed by atoms with Crippen LogP contribution in [-0.2, 0) is 11.2 Å². The highest BCUT2D eigenvalue weighted by Crippen LogP contribution is 2.23. The Bertz CT molecular complexity index is 640. The summed E-state index contributed by atoms with van der Waals surface area (Å²) in [4.78, 5) is 27.4. The predicted octanol–water partition coefficient (Wildman–Crippen LogP) is 3.57. The number of carbonyl (C=O) groups excluding carboxylic acids is 1. The number of halogens is 1. The zero-order valence-corrected chi connectivity index (χ0v) is 13.4. The van der Waals surface area contributed by atoms with Crippen molar-refractivity contribution in [3.05, 3.63) is 44.8 Å². The topological polar surface area (TPSA) is 79.3 Å². The molecule has 0 aliphatic carbocycles. The number of nitrogens with one attached hydrogen (secondary N) is 1. The van der Waals surface area contributed by atoms with Gasteiger partial charge in [-0.05, 0) is 53.0 Å². The molecule has 2 aromatic rings. The Kier molecular flexibility index (Phi) is 5.46. The minimum atomic E-state index is -1.09. The number of thiophene rings is 1. The Morgan fingerprint density at radius 1 is 1.29 bits per heavy atom. The van der Waals surface area contributed by atoms with E-state index < -0.39 is 5.97 Å². The Labute approximate surface area is 134 Å². The molecule has 0 aromatic carbocycles. The third kappa shape index (κ3) is 4.95. The molecule has 0 bridgehead atoms. The SMILES string of the molecule is O=C(CCCc1ccc(Br)s1)Nc1ccc(C(=O)O)nc1. The van der Waals surface area contributed by atoms with Gasteiger partial charge in [0.1, 0.15) is 5.69 Å². The van der Waals surface area contributed by atoms with Crippen LogP contribution in [0.3, 0.4) is 0 Å². The summed E-state index contributed by atoms with van der Waals surface area (Å²) in [6, 6.07) is 6.93. The predicted molar refractivity (Wildman–Crippen MR) is 84.8 cm³/mol. The highest BCUT2D eigenvalue weighted by Gasteiger charge is 2.06. The summed E-state index contributed by atoms with van der Waals surface area (Å²) in [5, 5.41) is 11.4. The quantitative estimate of drug-likeness (QED) is 0.816. The molecule has 0 atom stereocenters. The third-order valence-corrected chi connectivity index (χ3v) is 4.41. The molecule has 5 nitrogen and oxygen atoms in total. The largest absolute Gasteiger partial charge is 0.477 e. The van der Waals surface area contributed by atoms with Gasteiger partial charge in [-0.15, -0.1) is 11.3 Å². The van der Waals surface area contributed by atoms with Gasteiger partial charge in [-0.3, -0.25) is 4.79 Å². The minimum absolute atomic E-state index is 0.0451. The van der Waals surface area contributed by atoms with E-state index in [1.165, 1.54) is 23.2 Å². The fraction of sp³-hybridized carbons (Fsp3) is 0.214. The number of hydrogen-bond donors (Lipinski definition) is 2. The van der Waals surface area contributed by atoms with Crippen molar-refractivity contribution in [3.8, 4) is 0 Å². The van der Waals surface area contributed by atoms with Crippen molar-refractivity contribution in [1.82, 2.24) is 4.98 Å². The monoisotopic (exact) mass is 368 g/mol. The van der Waals surface area contributed by atoms with Crippen molar-refractivity contribution in [2.75, 3.05) is 5.32 Å². The summed E-state index contributed by atoms with van der Waals surface area (Å²) in [6.45, 7) is 0. The number of aryl methyl sites for hydroxylation is 1. The number of rotatable bonds is 6. The molecule has 0 aliphatic rings. The molecular formula is C14H13BrN2O3S. The van der Waals surface area contributed by atoms with Crippen molar-refractivity contribution >= 4 is 44.8 Å². The molecule has 7 heteroatoms. The van der Waals surface area contributed by atoms with Crippen molar-refractivity contribution in [1.29, 1.82) is 0 Å². The molecule has 0 saturated heterocycles. The van der Waals surface area contributed by atoms with E-state index >= 15 is 0 Å². The van der Waals surface area contributed by atoms with Gasteiger partial charge in [0.2, 0.25) is 5.91 Å². The van der Waals surface area contributed by atoms with Crippen LogP contribution in [0.5, 0.6) is 0 Å². The van der Waals surface area contributed by atoms with E-state index in [1.807, 2.05) is 12.1 Å². The Balaban J connectivity index is 1.77. The van der Waals surface area contributed by atoms with E-state index in [9.17, 15) is 9.59 Å². The first-order valence-electron chi connectivity index (χ1n) is 6.28. The van der Waals surface area contributed by atoms with E-state index in [1.54, 1.807) is 11.3 Å². The molecule has 2 heterocycles. The van der Waals surface area contributed by atoms with E-state index in [2.05, 4.69) is 26.2 Å². The zero-order valence-electron chi connectivity index (χ0n) is 11.0. The summed E-state index contributed by atoms with van der Waals surface area (Å²) < 4.78 is 1.09. The number of pyridine rings is 1. The van der Waals surface area contributed by atoms with Crippen LogP contribution in [0.15, 0.2) is 34.2 Å². The molecule has 0 saturated carbocycles. The van der Waals surface area contributed by atoms with Crippen LogP contribution in [0.4, 0.5) is 5.69 Å². The molecular weight excluding hydrogens is 356 g/mol. The highest BCUT2D eigenvalue weighted by molar-refractivity contribution is 9.11. The molecule has 1 amide bonds. The van der Waals surface area contributed by atoms with Gasteiger partial charge in [-0.2, -0.15) is 0 Å². The van der Waals surface area contributed by atoms with E-state index in [4.69, 9.17) is 5.11 Å². The van der Waals surface area contributed by atoms with E-state index in [-0.39, 0.29) is 11.6 Å². The van der Waals surface area contributed by atoms with Gasteiger partial charge in [0.15, 0.2) is 0 Å². The molecule has 2 aromatic heterocycles. The molecule has 0 spiro atoms. The lowest BCUT2D eigenvalue weighted by atomic mass is 10.2. The molecule has 2 rings (SSSR count). The van der Waals surface area contributed by atoms with Crippen LogP contribution in [0, 0.1) is 0 Å². The fourth-order valence-electron chi connectivity index (χ4n) is 1.73. The van der Waals surface area contributed by atoms with Gasteiger partial charge in [0, 0.05) is 11.3 Å². The average Bonchev–Trinajstić information content (AvgIpc) is 2.85. The number of anilines is 1. The number of aromatic carboxylic acids is 1. The second-order valence-corrected chi connectivity index (χ2v) is 6.89. The maximum atomic E-state index is 11.8. The third-order valence-electron chi connectivity index (χ3n) is 2.72. The van der Waals surface area contributed by atoms with Gasteiger partial charge in [-0.1, -0.05) is 0 Å². The molecule has 0 aliphatic heterocycles. The Morgan fingerprint density at radius 2 is 2.10 bits per heavy atom. The number of aromatic nitrogens is 1. The smallest absolute Gasteiger partial charge is 0.354 e. The molecule has 0 fully saturated rings. The first-order chi connectivity index (χ1) is 10.0. The Hall–Kier alpha value is -1.73.